The highest BCUT2D eigenvalue weighted by Gasteiger charge is 2.14. The Labute approximate surface area is 158 Å². The number of hydrogen-bond acceptors (Lipinski definition) is 4. The normalized spacial score (nSPS) is 11.7. The lowest BCUT2D eigenvalue weighted by Gasteiger charge is -2.15. The molecule has 0 unspecified atom stereocenters. The van der Waals surface area contributed by atoms with Crippen molar-refractivity contribution in [3.63, 3.8) is 0 Å². The number of amides is 1. The van der Waals surface area contributed by atoms with Crippen LogP contribution in [0.15, 0.2) is 60.9 Å². The first-order valence-corrected chi connectivity index (χ1v) is 8.74. The molecular weight excluding hydrogens is 342 g/mol. The maximum atomic E-state index is 12.3. The van der Waals surface area contributed by atoms with Gasteiger partial charge in [-0.05, 0) is 43.7 Å². The predicted octanol–water partition coefficient (Wildman–Crippen LogP) is 3.27. The van der Waals surface area contributed by atoms with Crippen LogP contribution < -0.4 is 14.8 Å². The lowest BCUT2D eigenvalue weighted by molar-refractivity contribution is -0.127. The van der Waals surface area contributed by atoms with Crippen LogP contribution in [0.25, 0.3) is 5.69 Å². The summed E-state index contributed by atoms with van der Waals surface area (Å²) in [5, 5.41) is 2.90. The quantitative estimate of drug-likeness (QED) is 0.698. The maximum Gasteiger partial charge on any atom is 0.261 e. The van der Waals surface area contributed by atoms with Crippen LogP contribution in [0.3, 0.4) is 0 Å². The van der Waals surface area contributed by atoms with E-state index in [0.29, 0.717) is 18.0 Å². The molecule has 1 heterocycles. The van der Waals surface area contributed by atoms with Gasteiger partial charge >= 0.3 is 0 Å². The number of ether oxygens (including phenoxy) is 2. The number of imidazole rings is 1. The number of methoxy groups -OCH3 is 1. The van der Waals surface area contributed by atoms with Gasteiger partial charge in [-0.2, -0.15) is 0 Å². The largest absolute Gasteiger partial charge is 0.497 e. The molecule has 1 aromatic heterocycles. The second-order valence-corrected chi connectivity index (χ2v) is 6.17. The van der Waals surface area contributed by atoms with E-state index in [2.05, 4.69) is 10.3 Å². The highest BCUT2D eigenvalue weighted by atomic mass is 16.5. The summed E-state index contributed by atoms with van der Waals surface area (Å²) in [6.07, 6.45) is 3.08. The zero-order valence-electron chi connectivity index (χ0n) is 15.7. The van der Waals surface area contributed by atoms with Crippen LogP contribution in [0.4, 0.5) is 0 Å². The highest BCUT2D eigenvalue weighted by molar-refractivity contribution is 5.80. The smallest absolute Gasteiger partial charge is 0.261 e. The number of aryl methyl sites for hydroxylation is 1. The fraction of sp³-hybridized carbons (Fsp3) is 0.238. The molecule has 0 radical (unpaired) electrons. The lowest BCUT2D eigenvalue weighted by atomic mass is 10.2. The Morgan fingerprint density at radius 3 is 2.59 bits per heavy atom. The SMILES string of the molecule is COc1cccc(O[C@@H](C)C(=O)NCc2ccc(-n3ccnc3C)cc2)c1. The van der Waals surface area contributed by atoms with E-state index in [4.69, 9.17) is 9.47 Å². The molecule has 0 saturated carbocycles. The van der Waals surface area contributed by atoms with Gasteiger partial charge in [0.15, 0.2) is 6.10 Å². The van der Waals surface area contributed by atoms with Crippen LogP contribution in [0.1, 0.15) is 18.3 Å². The molecule has 27 heavy (non-hydrogen) atoms. The van der Waals surface area contributed by atoms with Crippen molar-refractivity contribution < 1.29 is 14.3 Å². The molecule has 0 aliphatic carbocycles. The molecule has 0 saturated heterocycles. The van der Waals surface area contributed by atoms with Crippen LogP contribution in [0.5, 0.6) is 11.5 Å². The number of nitrogens with zero attached hydrogens (tertiary/aromatic N) is 2. The Balaban J connectivity index is 1.54. The molecule has 1 amide bonds. The zero-order chi connectivity index (χ0) is 19.2. The van der Waals surface area contributed by atoms with E-state index in [1.807, 2.05) is 54.1 Å². The van der Waals surface area contributed by atoms with Crippen molar-refractivity contribution in [1.29, 1.82) is 0 Å². The van der Waals surface area contributed by atoms with Crippen LogP contribution in [0.2, 0.25) is 0 Å². The topological polar surface area (TPSA) is 65.4 Å². The van der Waals surface area contributed by atoms with Gasteiger partial charge in [0.25, 0.3) is 5.91 Å². The summed E-state index contributed by atoms with van der Waals surface area (Å²) >= 11 is 0. The van der Waals surface area contributed by atoms with E-state index in [1.54, 1.807) is 32.4 Å². The third-order valence-corrected chi connectivity index (χ3v) is 4.23. The second-order valence-electron chi connectivity index (χ2n) is 6.17. The number of aromatic nitrogens is 2. The fourth-order valence-electron chi connectivity index (χ4n) is 2.69. The Bertz CT molecular complexity index is 903. The van der Waals surface area contributed by atoms with Gasteiger partial charge < -0.3 is 19.4 Å². The van der Waals surface area contributed by atoms with Gasteiger partial charge in [-0.15, -0.1) is 0 Å². The van der Waals surface area contributed by atoms with Crippen molar-refractivity contribution in [2.24, 2.45) is 0 Å². The average Bonchev–Trinajstić information content (AvgIpc) is 3.12. The first kappa shape index (κ1) is 18.5. The summed E-state index contributed by atoms with van der Waals surface area (Å²) < 4.78 is 12.9. The van der Waals surface area contributed by atoms with Crippen molar-refractivity contribution in [3.05, 3.63) is 72.3 Å². The van der Waals surface area contributed by atoms with Gasteiger partial charge in [-0.25, -0.2) is 4.98 Å². The maximum absolute atomic E-state index is 12.3. The molecule has 1 atom stereocenters. The number of nitrogens with one attached hydrogen (secondary N) is 1. The van der Waals surface area contributed by atoms with Gasteiger partial charge in [-0.3, -0.25) is 4.79 Å². The highest BCUT2D eigenvalue weighted by Crippen LogP contribution is 2.20. The number of carbonyl (C=O) groups is 1. The van der Waals surface area contributed by atoms with Gasteiger partial charge in [-0.1, -0.05) is 18.2 Å². The average molecular weight is 365 g/mol. The summed E-state index contributed by atoms with van der Waals surface area (Å²) in [7, 11) is 1.59. The first-order valence-electron chi connectivity index (χ1n) is 8.74. The van der Waals surface area contributed by atoms with Crippen LogP contribution in [0, 0.1) is 6.92 Å². The van der Waals surface area contributed by atoms with Crippen LogP contribution >= 0.6 is 0 Å². The number of hydrogen-bond donors (Lipinski definition) is 1. The minimum absolute atomic E-state index is 0.174. The van der Waals surface area contributed by atoms with E-state index >= 15 is 0 Å². The summed E-state index contributed by atoms with van der Waals surface area (Å²) in [6, 6.07) is 15.2. The lowest BCUT2D eigenvalue weighted by Crippen LogP contribution is -2.35. The molecule has 0 bridgehead atoms. The molecule has 3 aromatic rings. The van der Waals surface area contributed by atoms with Crippen LogP contribution in [-0.4, -0.2) is 28.7 Å². The van der Waals surface area contributed by atoms with E-state index in [1.165, 1.54) is 0 Å². The number of benzene rings is 2. The third-order valence-electron chi connectivity index (χ3n) is 4.23. The molecule has 1 N–H and O–H groups in total. The monoisotopic (exact) mass is 365 g/mol. The number of carbonyl (C=O) groups excluding carboxylic acids is 1. The molecule has 6 heteroatoms. The van der Waals surface area contributed by atoms with Gasteiger partial charge in [0.05, 0.1) is 7.11 Å². The molecule has 0 aliphatic rings. The summed E-state index contributed by atoms with van der Waals surface area (Å²) in [5.74, 6) is 2.04. The molecule has 0 spiro atoms. The second kappa shape index (κ2) is 8.40. The Morgan fingerprint density at radius 1 is 1.19 bits per heavy atom. The van der Waals surface area contributed by atoms with Crippen molar-refractivity contribution in [1.82, 2.24) is 14.9 Å². The zero-order valence-corrected chi connectivity index (χ0v) is 15.7. The van der Waals surface area contributed by atoms with Gasteiger partial charge in [0, 0.05) is 30.7 Å². The molecule has 0 aliphatic heterocycles. The third kappa shape index (κ3) is 4.67. The van der Waals surface area contributed by atoms with Crippen molar-refractivity contribution >= 4 is 5.91 Å². The molecule has 2 aromatic carbocycles. The summed E-state index contributed by atoms with van der Waals surface area (Å²) in [6.45, 7) is 4.12. The number of rotatable bonds is 7. The first-order chi connectivity index (χ1) is 13.1. The van der Waals surface area contributed by atoms with Gasteiger partial charge in [0.2, 0.25) is 0 Å². The van der Waals surface area contributed by atoms with Crippen molar-refractivity contribution in [2.45, 2.75) is 26.5 Å². The Kier molecular flexibility index (Phi) is 5.76. The van der Waals surface area contributed by atoms with E-state index < -0.39 is 6.10 Å². The minimum atomic E-state index is -0.607. The molecule has 140 valence electrons. The van der Waals surface area contributed by atoms with Crippen molar-refractivity contribution in [3.8, 4) is 17.2 Å². The standard InChI is InChI=1S/C21H23N3O3/c1-15(27-20-6-4-5-19(13-20)26-3)21(25)23-14-17-7-9-18(10-8-17)24-12-11-22-16(24)2/h4-13,15H,14H2,1-3H3,(H,23,25)/t15-/m0/s1. The Morgan fingerprint density at radius 2 is 1.93 bits per heavy atom. The van der Waals surface area contributed by atoms with Gasteiger partial charge in [0.1, 0.15) is 17.3 Å². The van der Waals surface area contributed by atoms with E-state index in [9.17, 15) is 4.79 Å². The molecule has 3 rings (SSSR count). The van der Waals surface area contributed by atoms with E-state index in [0.717, 1.165) is 17.1 Å². The molecule has 0 fully saturated rings. The fourth-order valence-corrected chi connectivity index (χ4v) is 2.69. The van der Waals surface area contributed by atoms with Crippen LogP contribution in [-0.2, 0) is 11.3 Å². The molecular formula is C21H23N3O3. The van der Waals surface area contributed by atoms with Crippen molar-refractivity contribution in [2.75, 3.05) is 7.11 Å². The summed E-state index contributed by atoms with van der Waals surface area (Å²) in [4.78, 5) is 16.5. The molecule has 6 nitrogen and oxygen atoms in total. The Hall–Kier alpha value is -3.28. The summed E-state index contributed by atoms with van der Waals surface area (Å²) in [5.41, 5.74) is 2.05. The van der Waals surface area contributed by atoms with E-state index in [-0.39, 0.29) is 5.91 Å². The predicted molar refractivity (Wildman–Crippen MR) is 103 cm³/mol. The minimum Gasteiger partial charge on any atom is -0.497 e.